The first-order valence-electron chi connectivity index (χ1n) is 7.06. The number of nitriles is 1. The van der Waals surface area contributed by atoms with Crippen molar-refractivity contribution in [3.8, 4) is 11.8 Å². The summed E-state index contributed by atoms with van der Waals surface area (Å²) in [5, 5.41) is 11.8. The molecule has 0 amide bonds. The van der Waals surface area contributed by atoms with Crippen molar-refractivity contribution in [2.45, 2.75) is 0 Å². The molecule has 0 atom stereocenters. The standard InChI is InChI=1S/C20H15NO/c1-22-20-12-5-3-8-16(20)13-17(14-21)19-11-6-9-15-7-2-4-10-18(15)19/h2-13H,1H3/b17-13+. The molecule has 2 nitrogen and oxygen atoms in total. The highest BCUT2D eigenvalue weighted by Gasteiger charge is 2.07. The first kappa shape index (κ1) is 13.9. The van der Waals surface area contributed by atoms with Gasteiger partial charge >= 0.3 is 0 Å². The molecule has 0 aliphatic heterocycles. The van der Waals surface area contributed by atoms with Crippen LogP contribution in [0.2, 0.25) is 0 Å². The second kappa shape index (κ2) is 6.15. The molecule has 0 aliphatic rings. The monoisotopic (exact) mass is 285 g/mol. The molecule has 3 rings (SSSR count). The van der Waals surface area contributed by atoms with E-state index >= 15 is 0 Å². The fraction of sp³-hybridized carbons (Fsp3) is 0.0500. The van der Waals surface area contributed by atoms with E-state index in [0.29, 0.717) is 5.57 Å². The molecule has 0 N–H and O–H groups in total. The molecular weight excluding hydrogens is 270 g/mol. The van der Waals surface area contributed by atoms with Gasteiger partial charge in [0.2, 0.25) is 0 Å². The molecule has 22 heavy (non-hydrogen) atoms. The molecule has 0 aromatic heterocycles. The van der Waals surface area contributed by atoms with E-state index in [0.717, 1.165) is 27.6 Å². The summed E-state index contributed by atoms with van der Waals surface area (Å²) in [6.45, 7) is 0. The summed E-state index contributed by atoms with van der Waals surface area (Å²) in [5.41, 5.74) is 2.46. The first-order chi connectivity index (χ1) is 10.8. The molecule has 3 aromatic carbocycles. The zero-order valence-electron chi connectivity index (χ0n) is 12.3. The van der Waals surface area contributed by atoms with Crippen molar-refractivity contribution in [2.75, 3.05) is 7.11 Å². The molecule has 0 spiro atoms. The molecule has 0 saturated heterocycles. The van der Waals surface area contributed by atoms with Crippen molar-refractivity contribution in [3.63, 3.8) is 0 Å². The van der Waals surface area contributed by atoms with Gasteiger partial charge in [-0.15, -0.1) is 0 Å². The van der Waals surface area contributed by atoms with Crippen LogP contribution >= 0.6 is 0 Å². The normalized spacial score (nSPS) is 11.2. The van der Waals surface area contributed by atoms with Gasteiger partial charge in [0.1, 0.15) is 5.75 Å². The minimum absolute atomic E-state index is 0.626. The van der Waals surface area contributed by atoms with E-state index in [-0.39, 0.29) is 0 Å². The average molecular weight is 285 g/mol. The molecule has 0 bridgehead atoms. The Morgan fingerprint density at radius 2 is 1.68 bits per heavy atom. The van der Waals surface area contributed by atoms with Gasteiger partial charge in [0.25, 0.3) is 0 Å². The Hall–Kier alpha value is -3.05. The third kappa shape index (κ3) is 2.57. The minimum atomic E-state index is 0.626. The molecule has 0 radical (unpaired) electrons. The van der Waals surface area contributed by atoms with Gasteiger partial charge in [-0.1, -0.05) is 60.7 Å². The number of fused-ring (bicyclic) bond motifs is 1. The smallest absolute Gasteiger partial charge is 0.126 e. The second-order valence-corrected chi connectivity index (χ2v) is 4.94. The molecule has 0 fully saturated rings. The van der Waals surface area contributed by atoms with Crippen molar-refractivity contribution in [1.29, 1.82) is 5.26 Å². The molecule has 0 saturated carbocycles. The zero-order valence-corrected chi connectivity index (χ0v) is 12.3. The second-order valence-electron chi connectivity index (χ2n) is 4.94. The van der Waals surface area contributed by atoms with E-state index in [2.05, 4.69) is 18.2 Å². The topological polar surface area (TPSA) is 33.0 Å². The molecule has 106 valence electrons. The van der Waals surface area contributed by atoms with Gasteiger partial charge in [-0.25, -0.2) is 0 Å². The van der Waals surface area contributed by atoms with Crippen LogP contribution in [-0.2, 0) is 0 Å². The summed E-state index contributed by atoms with van der Waals surface area (Å²) >= 11 is 0. The Bertz CT molecular complexity index is 882. The summed E-state index contributed by atoms with van der Waals surface area (Å²) in [6, 6.07) is 24.1. The Balaban J connectivity index is 2.19. The number of nitrogens with zero attached hydrogens (tertiary/aromatic N) is 1. The molecule has 0 aliphatic carbocycles. The van der Waals surface area contributed by atoms with Crippen molar-refractivity contribution < 1.29 is 4.74 Å². The zero-order chi connectivity index (χ0) is 15.4. The summed E-state index contributed by atoms with van der Waals surface area (Å²) in [7, 11) is 1.64. The summed E-state index contributed by atoms with van der Waals surface area (Å²) in [6.07, 6.45) is 1.88. The Kier molecular flexibility index (Phi) is 3.89. The van der Waals surface area contributed by atoms with Crippen LogP contribution in [0.15, 0.2) is 66.7 Å². The van der Waals surface area contributed by atoms with Crippen molar-refractivity contribution in [2.24, 2.45) is 0 Å². The molecule has 2 heteroatoms. The molecule has 3 aromatic rings. The lowest BCUT2D eigenvalue weighted by molar-refractivity contribution is 0.414. The largest absolute Gasteiger partial charge is 0.496 e. The molecule has 0 unspecified atom stereocenters. The quantitative estimate of drug-likeness (QED) is 0.506. The highest BCUT2D eigenvalue weighted by atomic mass is 16.5. The third-order valence-electron chi connectivity index (χ3n) is 3.64. The number of ether oxygens (including phenoxy) is 1. The minimum Gasteiger partial charge on any atom is -0.496 e. The average Bonchev–Trinajstić information content (AvgIpc) is 2.59. The summed E-state index contributed by atoms with van der Waals surface area (Å²) in [5.74, 6) is 0.760. The molecule has 0 heterocycles. The van der Waals surface area contributed by atoms with Crippen LogP contribution in [0.4, 0.5) is 0 Å². The number of hydrogen-bond acceptors (Lipinski definition) is 2. The Morgan fingerprint density at radius 3 is 2.50 bits per heavy atom. The van der Waals surface area contributed by atoms with E-state index < -0.39 is 0 Å². The van der Waals surface area contributed by atoms with Gasteiger partial charge in [-0.05, 0) is 22.9 Å². The summed E-state index contributed by atoms with van der Waals surface area (Å²) in [4.78, 5) is 0. The van der Waals surface area contributed by atoms with E-state index in [1.165, 1.54) is 0 Å². The highest BCUT2D eigenvalue weighted by molar-refractivity contribution is 6.01. The summed E-state index contributed by atoms with van der Waals surface area (Å²) < 4.78 is 5.36. The van der Waals surface area contributed by atoms with Gasteiger partial charge in [0.05, 0.1) is 18.8 Å². The van der Waals surface area contributed by atoms with Crippen molar-refractivity contribution >= 4 is 22.4 Å². The number of rotatable bonds is 3. The first-order valence-corrected chi connectivity index (χ1v) is 7.06. The molecular formula is C20H15NO. The maximum absolute atomic E-state index is 9.60. The number of methoxy groups -OCH3 is 1. The van der Waals surface area contributed by atoms with Crippen LogP contribution in [0.3, 0.4) is 0 Å². The van der Waals surface area contributed by atoms with Gasteiger partial charge < -0.3 is 4.74 Å². The predicted octanol–water partition coefficient (Wildman–Crippen LogP) is 4.91. The Labute approximate surface area is 129 Å². The van der Waals surface area contributed by atoms with Crippen LogP contribution in [0, 0.1) is 11.3 Å². The number of para-hydroxylation sites is 1. The number of benzene rings is 3. The van der Waals surface area contributed by atoms with Crippen LogP contribution in [0.25, 0.3) is 22.4 Å². The van der Waals surface area contributed by atoms with Gasteiger partial charge in [-0.3, -0.25) is 0 Å². The van der Waals surface area contributed by atoms with Crippen LogP contribution in [0.5, 0.6) is 5.75 Å². The van der Waals surface area contributed by atoms with Crippen LogP contribution in [0.1, 0.15) is 11.1 Å². The highest BCUT2D eigenvalue weighted by Crippen LogP contribution is 2.28. The fourth-order valence-electron chi connectivity index (χ4n) is 2.57. The number of allylic oxidation sites excluding steroid dienone is 1. The maximum Gasteiger partial charge on any atom is 0.126 e. The maximum atomic E-state index is 9.60. The van der Waals surface area contributed by atoms with Crippen molar-refractivity contribution in [1.82, 2.24) is 0 Å². The van der Waals surface area contributed by atoms with E-state index in [1.807, 2.05) is 60.7 Å². The lowest BCUT2D eigenvalue weighted by atomic mass is 9.97. The van der Waals surface area contributed by atoms with Crippen LogP contribution in [-0.4, -0.2) is 7.11 Å². The fourth-order valence-corrected chi connectivity index (χ4v) is 2.57. The van der Waals surface area contributed by atoms with Crippen LogP contribution < -0.4 is 4.74 Å². The van der Waals surface area contributed by atoms with E-state index in [4.69, 9.17) is 4.74 Å². The lowest BCUT2D eigenvalue weighted by Gasteiger charge is -2.07. The lowest BCUT2D eigenvalue weighted by Crippen LogP contribution is -1.88. The number of hydrogen-bond donors (Lipinski definition) is 0. The third-order valence-corrected chi connectivity index (χ3v) is 3.64. The van der Waals surface area contributed by atoms with Crippen molar-refractivity contribution in [3.05, 3.63) is 77.9 Å². The van der Waals surface area contributed by atoms with E-state index in [9.17, 15) is 5.26 Å². The van der Waals surface area contributed by atoms with E-state index in [1.54, 1.807) is 7.11 Å². The Morgan fingerprint density at radius 1 is 0.955 bits per heavy atom. The van der Waals surface area contributed by atoms with Gasteiger partial charge in [0.15, 0.2) is 0 Å². The predicted molar refractivity (Wildman–Crippen MR) is 90.4 cm³/mol. The van der Waals surface area contributed by atoms with Gasteiger partial charge in [0, 0.05) is 11.1 Å². The van der Waals surface area contributed by atoms with Gasteiger partial charge in [-0.2, -0.15) is 5.26 Å². The SMILES string of the molecule is COc1ccccc1/C=C(\C#N)c1cccc2ccccc12.